The maximum absolute atomic E-state index is 14.1. The van der Waals surface area contributed by atoms with Crippen LogP contribution in [0.2, 0.25) is 5.02 Å². The largest absolute Gasteiger partial charge is 0.361 e. The van der Waals surface area contributed by atoms with E-state index >= 15 is 0 Å². The molecular formula is C22H23ClF2N4O. The predicted molar refractivity (Wildman–Crippen MR) is 112 cm³/mol. The Morgan fingerprint density at radius 2 is 2.10 bits per heavy atom. The third-order valence-corrected chi connectivity index (χ3v) is 6.28. The highest BCUT2D eigenvalue weighted by atomic mass is 35.5. The number of carbonyl (C=O) groups is 1. The van der Waals surface area contributed by atoms with E-state index in [1.54, 1.807) is 37.6 Å². The second-order valence-electron chi connectivity index (χ2n) is 7.96. The minimum Gasteiger partial charge on any atom is -0.361 e. The van der Waals surface area contributed by atoms with Crippen molar-refractivity contribution in [2.45, 2.75) is 44.4 Å². The lowest BCUT2D eigenvalue weighted by Gasteiger charge is -2.34. The molecule has 4 rings (SSSR count). The van der Waals surface area contributed by atoms with Gasteiger partial charge in [-0.3, -0.25) is 4.79 Å². The van der Waals surface area contributed by atoms with Crippen LogP contribution >= 0.6 is 11.6 Å². The van der Waals surface area contributed by atoms with Crippen molar-refractivity contribution in [3.05, 3.63) is 58.8 Å². The number of hydrogen-bond acceptors (Lipinski definition) is 3. The zero-order valence-electron chi connectivity index (χ0n) is 16.6. The van der Waals surface area contributed by atoms with Gasteiger partial charge in [-0.25, -0.2) is 18.7 Å². The van der Waals surface area contributed by atoms with Gasteiger partial charge in [0.2, 0.25) is 5.92 Å². The molecule has 1 saturated carbocycles. The summed E-state index contributed by atoms with van der Waals surface area (Å²) in [5.41, 5.74) is 1.96. The van der Waals surface area contributed by atoms with Crippen LogP contribution in [0.4, 0.5) is 8.78 Å². The minimum absolute atomic E-state index is 0.0841. The molecule has 3 aromatic rings. The Balaban J connectivity index is 1.55. The van der Waals surface area contributed by atoms with Gasteiger partial charge in [-0.05, 0) is 49.4 Å². The number of aryl methyl sites for hydroxylation is 1. The minimum atomic E-state index is -2.68. The second-order valence-corrected chi connectivity index (χ2v) is 8.34. The van der Waals surface area contributed by atoms with E-state index in [0.29, 0.717) is 29.3 Å². The van der Waals surface area contributed by atoms with Crippen LogP contribution in [0.3, 0.4) is 0 Å². The van der Waals surface area contributed by atoms with Crippen molar-refractivity contribution in [1.29, 1.82) is 0 Å². The van der Waals surface area contributed by atoms with E-state index < -0.39 is 5.92 Å². The van der Waals surface area contributed by atoms with E-state index in [4.69, 9.17) is 11.6 Å². The average Bonchev–Trinajstić information content (AvgIpc) is 3.19. The first-order valence-electron chi connectivity index (χ1n) is 10.0. The van der Waals surface area contributed by atoms with Crippen LogP contribution in [0.1, 0.15) is 53.3 Å². The van der Waals surface area contributed by atoms with Gasteiger partial charge in [-0.15, -0.1) is 0 Å². The summed E-state index contributed by atoms with van der Waals surface area (Å²) in [5, 5.41) is 4.03. The molecule has 0 spiro atoms. The van der Waals surface area contributed by atoms with Crippen molar-refractivity contribution in [1.82, 2.24) is 20.3 Å². The van der Waals surface area contributed by atoms with Crippen molar-refractivity contribution < 1.29 is 13.6 Å². The topological polar surface area (TPSA) is 70.7 Å². The molecule has 0 radical (unpaired) electrons. The molecular weight excluding hydrogens is 410 g/mol. The van der Waals surface area contributed by atoms with Crippen LogP contribution < -0.4 is 5.32 Å². The maximum Gasteiger partial charge on any atom is 0.252 e. The average molecular weight is 433 g/mol. The summed E-state index contributed by atoms with van der Waals surface area (Å²) in [4.78, 5) is 24.3. The van der Waals surface area contributed by atoms with Gasteiger partial charge >= 0.3 is 0 Å². The molecule has 30 heavy (non-hydrogen) atoms. The van der Waals surface area contributed by atoms with Gasteiger partial charge in [0.05, 0.1) is 10.6 Å². The molecule has 8 heteroatoms. The molecule has 1 aliphatic carbocycles. The number of benzene rings is 1. The Morgan fingerprint density at radius 3 is 2.83 bits per heavy atom. The first-order chi connectivity index (χ1) is 14.3. The lowest BCUT2D eigenvalue weighted by atomic mass is 9.76. The van der Waals surface area contributed by atoms with Gasteiger partial charge in [-0.1, -0.05) is 11.6 Å². The molecule has 2 aromatic heterocycles. The molecule has 1 aromatic carbocycles. The van der Waals surface area contributed by atoms with Crippen LogP contribution in [0.25, 0.3) is 10.9 Å². The molecule has 2 heterocycles. The fourth-order valence-corrected chi connectivity index (χ4v) is 4.59. The van der Waals surface area contributed by atoms with Gasteiger partial charge in [0.25, 0.3) is 5.91 Å². The number of nitrogens with one attached hydrogen (secondary N) is 2. The number of alkyl halides is 2. The number of amides is 1. The van der Waals surface area contributed by atoms with Gasteiger partial charge in [0.1, 0.15) is 5.82 Å². The first kappa shape index (κ1) is 20.7. The highest BCUT2D eigenvalue weighted by molar-refractivity contribution is 6.38. The molecule has 1 fully saturated rings. The Labute approximate surface area is 178 Å². The Bertz CT molecular complexity index is 1050. The van der Waals surface area contributed by atoms with E-state index in [1.807, 2.05) is 6.07 Å². The van der Waals surface area contributed by atoms with Crippen LogP contribution in [0.15, 0.2) is 36.8 Å². The van der Waals surface area contributed by atoms with E-state index in [1.165, 1.54) is 0 Å². The van der Waals surface area contributed by atoms with E-state index in [-0.39, 0.29) is 37.1 Å². The third kappa shape index (κ3) is 4.31. The fraction of sp³-hybridized carbons (Fsp3) is 0.409. The zero-order chi connectivity index (χ0) is 21.3. The number of hydrogen-bond donors (Lipinski definition) is 2. The SMILES string of the molecule is Cc1ncc(C(CNC(=O)c2ccc3[nH]ccc3c2Cl)C2CCCC(F)(F)C2)cn1. The zero-order valence-corrected chi connectivity index (χ0v) is 17.3. The molecule has 2 atom stereocenters. The number of fused-ring (bicyclic) bond motifs is 1. The van der Waals surface area contributed by atoms with Crippen LogP contribution in [-0.2, 0) is 0 Å². The smallest absolute Gasteiger partial charge is 0.252 e. The third-order valence-electron chi connectivity index (χ3n) is 5.87. The molecule has 1 amide bonds. The number of aromatic amines is 1. The monoisotopic (exact) mass is 432 g/mol. The summed E-state index contributed by atoms with van der Waals surface area (Å²) in [7, 11) is 0. The summed E-state index contributed by atoms with van der Waals surface area (Å²) in [6, 6.07) is 5.27. The molecule has 2 N–H and O–H groups in total. The second kappa shape index (κ2) is 8.30. The predicted octanol–water partition coefficient (Wildman–Crippen LogP) is 5.26. The number of H-pyrrole nitrogens is 1. The molecule has 0 bridgehead atoms. The normalized spacial score (nSPS) is 19.5. The van der Waals surface area contributed by atoms with Crippen LogP contribution in [0.5, 0.6) is 0 Å². The lowest BCUT2D eigenvalue weighted by Crippen LogP contribution is -2.36. The van der Waals surface area contributed by atoms with Crippen molar-refractivity contribution in [3.63, 3.8) is 0 Å². The summed E-state index contributed by atoms with van der Waals surface area (Å²) < 4.78 is 28.2. The highest BCUT2D eigenvalue weighted by Gasteiger charge is 2.40. The van der Waals surface area contributed by atoms with Crippen molar-refractivity contribution >= 4 is 28.4 Å². The van der Waals surface area contributed by atoms with E-state index in [0.717, 1.165) is 16.5 Å². The first-order valence-corrected chi connectivity index (χ1v) is 10.4. The summed E-state index contributed by atoms with van der Waals surface area (Å²) in [6.07, 6.45) is 5.96. The van der Waals surface area contributed by atoms with Gasteiger partial charge in [0.15, 0.2) is 0 Å². The molecule has 0 saturated heterocycles. The standard InChI is InChI=1S/C22H23ClF2N4O/c1-13-27-10-15(11-28-13)18(14-3-2-7-22(24,25)9-14)12-29-21(30)17-4-5-19-16(20(17)23)6-8-26-19/h4-6,8,10-11,14,18,26H,2-3,7,9,12H2,1H3,(H,29,30). The van der Waals surface area contributed by atoms with Crippen LogP contribution in [-0.4, -0.2) is 33.3 Å². The number of carbonyl (C=O) groups excluding carboxylic acids is 1. The number of rotatable bonds is 5. The summed E-state index contributed by atoms with van der Waals surface area (Å²) in [6.45, 7) is 1.99. The Hall–Kier alpha value is -2.54. The Morgan fingerprint density at radius 1 is 1.33 bits per heavy atom. The molecule has 1 aliphatic rings. The number of halogens is 3. The number of aromatic nitrogens is 3. The van der Waals surface area contributed by atoms with Crippen LogP contribution in [0, 0.1) is 12.8 Å². The molecule has 5 nitrogen and oxygen atoms in total. The van der Waals surface area contributed by atoms with Crippen molar-refractivity contribution in [3.8, 4) is 0 Å². The van der Waals surface area contributed by atoms with Gasteiger partial charge in [-0.2, -0.15) is 0 Å². The Kier molecular flexibility index (Phi) is 5.73. The van der Waals surface area contributed by atoms with E-state index in [2.05, 4.69) is 20.3 Å². The molecule has 158 valence electrons. The highest BCUT2D eigenvalue weighted by Crippen LogP contribution is 2.42. The summed E-state index contributed by atoms with van der Waals surface area (Å²) >= 11 is 6.41. The lowest BCUT2D eigenvalue weighted by molar-refractivity contribution is -0.0564. The quantitative estimate of drug-likeness (QED) is 0.577. The molecule has 0 aliphatic heterocycles. The van der Waals surface area contributed by atoms with Crippen molar-refractivity contribution in [2.24, 2.45) is 5.92 Å². The fourth-order valence-electron chi connectivity index (χ4n) is 4.27. The maximum atomic E-state index is 14.1. The van der Waals surface area contributed by atoms with Gasteiger partial charge < -0.3 is 10.3 Å². The number of nitrogens with zero attached hydrogens (tertiary/aromatic N) is 2. The van der Waals surface area contributed by atoms with Crippen molar-refractivity contribution in [2.75, 3.05) is 6.54 Å². The summed E-state index contributed by atoms with van der Waals surface area (Å²) in [5.74, 6) is -2.96. The van der Waals surface area contributed by atoms with Gasteiger partial charge in [0, 0.05) is 54.8 Å². The van der Waals surface area contributed by atoms with E-state index in [9.17, 15) is 13.6 Å². The molecule has 2 unspecified atom stereocenters.